The number of aromatic hydroxyl groups is 2. The van der Waals surface area contributed by atoms with E-state index in [0.717, 1.165) is 28.7 Å². The molecule has 0 saturated heterocycles. The van der Waals surface area contributed by atoms with Crippen LogP contribution >= 0.6 is 17.0 Å². The van der Waals surface area contributed by atoms with Crippen molar-refractivity contribution < 1.29 is 31.1 Å². The van der Waals surface area contributed by atoms with E-state index in [1.807, 2.05) is 50.2 Å². The van der Waals surface area contributed by atoms with Gasteiger partial charge in [-0.15, -0.1) is 0 Å². The van der Waals surface area contributed by atoms with E-state index in [0.29, 0.717) is 13.1 Å². The summed E-state index contributed by atoms with van der Waals surface area (Å²) in [5.41, 5.74) is 3.16. The van der Waals surface area contributed by atoms with Crippen molar-refractivity contribution in [1.29, 1.82) is 0 Å². The van der Waals surface area contributed by atoms with Crippen molar-refractivity contribution >= 4 is 29.5 Å². The summed E-state index contributed by atoms with van der Waals surface area (Å²) in [6, 6.07) is 11.2. The second kappa shape index (κ2) is 13.1. The predicted molar refractivity (Wildman–Crippen MR) is 107 cm³/mol. The van der Waals surface area contributed by atoms with Gasteiger partial charge in [0.15, 0.2) is 0 Å². The fourth-order valence-corrected chi connectivity index (χ4v) is 2.15. The Balaban J connectivity index is 0.00000105. The van der Waals surface area contributed by atoms with Crippen molar-refractivity contribution in [2.24, 2.45) is 9.98 Å². The van der Waals surface area contributed by atoms with Gasteiger partial charge in [-0.25, -0.2) is 0 Å². The fourth-order valence-electron chi connectivity index (χ4n) is 2.15. The Morgan fingerprint density at radius 1 is 0.846 bits per heavy atom. The maximum absolute atomic E-state index is 9.87. The first-order chi connectivity index (χ1) is 12.5. The van der Waals surface area contributed by atoms with Gasteiger partial charge in [-0.3, -0.25) is 9.98 Å². The van der Waals surface area contributed by atoms with E-state index in [2.05, 4.69) is 9.98 Å². The number of phenolic OH excluding ortho intramolecular Hbond substituents is 2. The van der Waals surface area contributed by atoms with E-state index in [9.17, 15) is 10.2 Å². The molecule has 2 N–H and O–H groups in total. The van der Waals surface area contributed by atoms with Gasteiger partial charge in [0.1, 0.15) is 11.5 Å². The van der Waals surface area contributed by atoms with Gasteiger partial charge in [0.2, 0.25) is 0 Å². The van der Waals surface area contributed by atoms with E-state index < -0.39 is 20.8 Å². The molecule has 2 aromatic rings. The van der Waals surface area contributed by atoms with E-state index in [-0.39, 0.29) is 11.5 Å². The molecule has 0 fully saturated rings. The Bertz CT molecular complexity index is 691. The van der Waals surface area contributed by atoms with Gasteiger partial charge in [0.05, 0.1) is 0 Å². The molecule has 0 aliphatic carbocycles. The summed E-state index contributed by atoms with van der Waals surface area (Å²) in [4.78, 5) is 8.62. The first-order valence-corrected chi connectivity index (χ1v) is 14.4. The number of rotatable bonds is 6. The zero-order valence-corrected chi connectivity index (χ0v) is 18.8. The Hall–Kier alpha value is -1.16. The predicted octanol–water partition coefficient (Wildman–Crippen LogP) is 5.02. The Labute approximate surface area is 173 Å². The molecule has 0 aliphatic rings. The van der Waals surface area contributed by atoms with E-state index in [1.54, 1.807) is 12.4 Å². The summed E-state index contributed by atoms with van der Waals surface area (Å²) in [6.07, 6.45) is 4.20. The molecular weight excluding hydrogens is 450 g/mol. The molecule has 2 aromatic carbocycles. The minimum atomic E-state index is -0.826. The number of aliphatic imine (C=N–C) groups is 2. The monoisotopic (exact) mass is 470 g/mol. The number of hydrogen-bond donors (Lipinski definition) is 2. The molecule has 2 rings (SSSR count). The van der Waals surface area contributed by atoms with Crippen LogP contribution in [0.3, 0.4) is 0 Å². The molecule has 0 aliphatic heterocycles. The van der Waals surface area contributed by atoms with Crippen molar-refractivity contribution in [3.8, 4) is 11.5 Å². The van der Waals surface area contributed by atoms with Gasteiger partial charge in [-0.05, 0) is 43.5 Å². The Kier molecular flexibility index (Phi) is 11.5. The number of para-hydroxylation sites is 2. The molecule has 26 heavy (non-hydrogen) atoms. The van der Waals surface area contributed by atoms with Crippen molar-refractivity contribution in [2.75, 3.05) is 13.1 Å². The second-order valence-corrected chi connectivity index (χ2v) is 9.25. The first-order valence-electron chi connectivity index (χ1n) is 8.04. The van der Waals surface area contributed by atoms with E-state index in [4.69, 9.17) is 17.0 Å². The van der Waals surface area contributed by atoms with Crippen LogP contribution in [0.5, 0.6) is 11.5 Å². The van der Waals surface area contributed by atoms with Gasteiger partial charge < -0.3 is 10.2 Å². The van der Waals surface area contributed by atoms with Crippen LogP contribution in [0.25, 0.3) is 0 Å². The zero-order chi connectivity index (χ0) is 19.4. The van der Waals surface area contributed by atoms with Gasteiger partial charge in [0.25, 0.3) is 0 Å². The third kappa shape index (κ3) is 8.03. The quantitative estimate of drug-likeness (QED) is 0.458. The third-order valence-electron chi connectivity index (χ3n) is 3.57. The summed E-state index contributed by atoms with van der Waals surface area (Å²) in [7, 11) is 9.87. The number of phenols is 2. The van der Waals surface area contributed by atoms with Crippen molar-refractivity contribution in [2.45, 2.75) is 20.3 Å². The van der Waals surface area contributed by atoms with Crippen LogP contribution in [0, 0.1) is 13.8 Å². The van der Waals surface area contributed by atoms with Crippen LogP contribution in [0.1, 0.15) is 28.7 Å². The van der Waals surface area contributed by atoms with Gasteiger partial charge >= 0.3 is 37.9 Å². The number of halogens is 2. The SMILES string of the molecule is Cc1cccc(C=NCCCN=Cc2cccc(C)c2O)c1O.[Cl][Zr][Cl]. The molecule has 0 bridgehead atoms. The fraction of sp³-hybridized carbons (Fsp3) is 0.263. The van der Waals surface area contributed by atoms with Crippen molar-refractivity contribution in [1.82, 2.24) is 0 Å². The molecule has 4 nitrogen and oxygen atoms in total. The molecule has 0 heterocycles. The molecule has 0 amide bonds. The standard InChI is InChI=1S/C19H22N2O2.2ClH.Zr/c1-14-6-3-8-16(18(14)22)12-20-10-5-11-21-13-17-9-4-7-15(2)19(17)23;;;/h3-4,6-9,12-13,22-23H,5,10-11H2,1-2H3;2*1H;/q;;;+2/p-2. The summed E-state index contributed by atoms with van der Waals surface area (Å²) < 4.78 is 0. The van der Waals surface area contributed by atoms with E-state index >= 15 is 0 Å². The van der Waals surface area contributed by atoms with Crippen LogP contribution < -0.4 is 0 Å². The average Bonchev–Trinajstić information content (AvgIpc) is 2.62. The topological polar surface area (TPSA) is 65.2 Å². The number of aryl methyl sites for hydroxylation is 2. The molecule has 0 radical (unpaired) electrons. The molecule has 7 heteroatoms. The van der Waals surface area contributed by atoms with Crippen LogP contribution in [-0.2, 0) is 20.8 Å². The number of nitrogens with zero attached hydrogens (tertiary/aromatic N) is 2. The molecule has 0 saturated carbocycles. The maximum atomic E-state index is 9.87. The average molecular weight is 473 g/mol. The van der Waals surface area contributed by atoms with Crippen LogP contribution in [0.4, 0.5) is 0 Å². The molecule has 0 atom stereocenters. The number of hydrogen-bond acceptors (Lipinski definition) is 4. The third-order valence-corrected chi connectivity index (χ3v) is 3.57. The van der Waals surface area contributed by atoms with Gasteiger partial charge in [-0.1, -0.05) is 24.3 Å². The summed E-state index contributed by atoms with van der Waals surface area (Å²) in [5, 5.41) is 19.7. The molecule has 138 valence electrons. The molecule has 0 aromatic heterocycles. The van der Waals surface area contributed by atoms with Gasteiger partial charge in [-0.2, -0.15) is 0 Å². The molecule has 0 unspecified atom stereocenters. The Morgan fingerprint density at radius 3 is 1.62 bits per heavy atom. The summed E-state index contributed by atoms with van der Waals surface area (Å²) in [6.45, 7) is 5.01. The van der Waals surface area contributed by atoms with E-state index in [1.165, 1.54) is 0 Å². The molecule has 0 spiro atoms. The first kappa shape index (κ1) is 22.9. The zero-order valence-electron chi connectivity index (χ0n) is 14.8. The van der Waals surface area contributed by atoms with Crippen molar-refractivity contribution in [3.05, 3.63) is 58.7 Å². The number of benzene rings is 2. The molecular formula is C19H22Cl2N2O2Zr. The van der Waals surface area contributed by atoms with Crippen molar-refractivity contribution in [3.63, 3.8) is 0 Å². The second-order valence-electron chi connectivity index (χ2n) is 5.52. The normalized spacial score (nSPS) is 10.8. The van der Waals surface area contributed by atoms with Crippen LogP contribution in [0.2, 0.25) is 0 Å². The van der Waals surface area contributed by atoms with Crippen LogP contribution in [-0.4, -0.2) is 35.7 Å². The minimum absolute atomic E-state index is 0.282. The van der Waals surface area contributed by atoms with Crippen LogP contribution in [0.15, 0.2) is 46.4 Å². The van der Waals surface area contributed by atoms with Gasteiger partial charge in [0, 0.05) is 36.6 Å². The summed E-state index contributed by atoms with van der Waals surface area (Å²) >= 11 is -0.826. The Morgan fingerprint density at radius 2 is 1.23 bits per heavy atom. The summed E-state index contributed by atoms with van der Waals surface area (Å²) in [5.74, 6) is 0.563.